The van der Waals surface area contributed by atoms with Gasteiger partial charge in [0.15, 0.2) is 0 Å². The SMILES string of the molecule is CCCCOCCOc1c(C)cccc1CCN. The summed E-state index contributed by atoms with van der Waals surface area (Å²) in [7, 11) is 0. The minimum absolute atomic E-state index is 0.603. The van der Waals surface area contributed by atoms with Crippen LogP contribution in [-0.4, -0.2) is 26.4 Å². The van der Waals surface area contributed by atoms with Crippen LogP contribution >= 0.6 is 0 Å². The van der Waals surface area contributed by atoms with Gasteiger partial charge in [0.2, 0.25) is 0 Å². The number of ether oxygens (including phenoxy) is 2. The van der Waals surface area contributed by atoms with Gasteiger partial charge in [-0.25, -0.2) is 0 Å². The van der Waals surface area contributed by atoms with Crippen molar-refractivity contribution in [3.8, 4) is 5.75 Å². The molecule has 0 unspecified atom stereocenters. The maximum atomic E-state index is 5.82. The fourth-order valence-corrected chi connectivity index (χ4v) is 1.82. The van der Waals surface area contributed by atoms with E-state index in [4.69, 9.17) is 15.2 Å². The van der Waals surface area contributed by atoms with E-state index in [0.717, 1.165) is 30.8 Å². The molecule has 2 N–H and O–H groups in total. The molecule has 0 saturated carbocycles. The second kappa shape index (κ2) is 8.95. The van der Waals surface area contributed by atoms with Gasteiger partial charge < -0.3 is 15.2 Å². The molecule has 0 saturated heterocycles. The number of para-hydroxylation sites is 1. The van der Waals surface area contributed by atoms with E-state index in [9.17, 15) is 0 Å². The summed E-state index contributed by atoms with van der Waals surface area (Å²) in [4.78, 5) is 0. The van der Waals surface area contributed by atoms with Crippen LogP contribution in [0.1, 0.15) is 30.9 Å². The lowest BCUT2D eigenvalue weighted by Gasteiger charge is -2.13. The Hall–Kier alpha value is -1.06. The zero-order valence-corrected chi connectivity index (χ0v) is 11.6. The first kappa shape index (κ1) is 15.0. The van der Waals surface area contributed by atoms with Gasteiger partial charge in [0.05, 0.1) is 6.61 Å². The minimum Gasteiger partial charge on any atom is -0.491 e. The summed E-state index contributed by atoms with van der Waals surface area (Å²) in [6, 6.07) is 6.19. The molecule has 0 aliphatic carbocycles. The highest BCUT2D eigenvalue weighted by atomic mass is 16.5. The van der Waals surface area contributed by atoms with E-state index in [1.54, 1.807) is 0 Å². The van der Waals surface area contributed by atoms with E-state index >= 15 is 0 Å². The highest BCUT2D eigenvalue weighted by molar-refractivity contribution is 5.40. The number of nitrogens with two attached hydrogens (primary N) is 1. The van der Waals surface area contributed by atoms with Gasteiger partial charge in [-0.05, 0) is 37.4 Å². The van der Waals surface area contributed by atoms with E-state index < -0.39 is 0 Å². The van der Waals surface area contributed by atoms with Crippen LogP contribution in [0.25, 0.3) is 0 Å². The van der Waals surface area contributed by atoms with Crippen LogP contribution in [0.15, 0.2) is 18.2 Å². The fourth-order valence-electron chi connectivity index (χ4n) is 1.82. The molecule has 0 aliphatic heterocycles. The molecule has 0 atom stereocenters. The molecule has 0 aromatic heterocycles. The molecule has 0 bridgehead atoms. The molecular weight excluding hydrogens is 226 g/mol. The molecule has 1 aromatic carbocycles. The van der Waals surface area contributed by atoms with Crippen molar-refractivity contribution in [2.75, 3.05) is 26.4 Å². The van der Waals surface area contributed by atoms with Gasteiger partial charge in [0.1, 0.15) is 12.4 Å². The Morgan fingerprint density at radius 2 is 2.00 bits per heavy atom. The van der Waals surface area contributed by atoms with Crippen molar-refractivity contribution in [1.29, 1.82) is 0 Å². The Morgan fingerprint density at radius 3 is 2.72 bits per heavy atom. The minimum atomic E-state index is 0.603. The fraction of sp³-hybridized carbons (Fsp3) is 0.600. The second-order valence-electron chi connectivity index (χ2n) is 4.42. The number of benzene rings is 1. The summed E-state index contributed by atoms with van der Waals surface area (Å²) >= 11 is 0. The largest absolute Gasteiger partial charge is 0.491 e. The number of hydrogen-bond donors (Lipinski definition) is 1. The van der Waals surface area contributed by atoms with E-state index in [2.05, 4.69) is 26.0 Å². The number of unbranched alkanes of at least 4 members (excludes halogenated alkanes) is 1. The third-order valence-corrected chi connectivity index (χ3v) is 2.82. The monoisotopic (exact) mass is 251 g/mol. The number of aryl methyl sites for hydroxylation is 1. The third kappa shape index (κ3) is 5.07. The van der Waals surface area contributed by atoms with Gasteiger partial charge in [-0.2, -0.15) is 0 Å². The molecule has 0 heterocycles. The maximum Gasteiger partial charge on any atom is 0.125 e. The molecule has 0 aliphatic rings. The molecule has 0 amide bonds. The van der Waals surface area contributed by atoms with E-state index in [0.29, 0.717) is 19.8 Å². The van der Waals surface area contributed by atoms with E-state index in [1.165, 1.54) is 12.0 Å². The lowest BCUT2D eigenvalue weighted by atomic mass is 10.1. The lowest BCUT2D eigenvalue weighted by Crippen LogP contribution is -2.11. The quantitative estimate of drug-likeness (QED) is 0.686. The van der Waals surface area contributed by atoms with Gasteiger partial charge >= 0.3 is 0 Å². The Labute approximate surface area is 110 Å². The van der Waals surface area contributed by atoms with Crippen LogP contribution in [0.5, 0.6) is 5.75 Å². The molecule has 0 fully saturated rings. The smallest absolute Gasteiger partial charge is 0.125 e. The van der Waals surface area contributed by atoms with Gasteiger partial charge in [-0.1, -0.05) is 31.5 Å². The highest BCUT2D eigenvalue weighted by Crippen LogP contribution is 2.23. The van der Waals surface area contributed by atoms with Crippen LogP contribution in [0, 0.1) is 6.92 Å². The molecular formula is C15H25NO2. The van der Waals surface area contributed by atoms with E-state index in [-0.39, 0.29) is 0 Å². The zero-order valence-electron chi connectivity index (χ0n) is 11.6. The Kier molecular flexibility index (Phi) is 7.46. The first-order valence-corrected chi connectivity index (χ1v) is 6.78. The molecule has 1 aromatic rings. The zero-order chi connectivity index (χ0) is 13.2. The van der Waals surface area contributed by atoms with Crippen molar-refractivity contribution in [3.05, 3.63) is 29.3 Å². The topological polar surface area (TPSA) is 44.5 Å². The van der Waals surface area contributed by atoms with Crippen LogP contribution in [0.4, 0.5) is 0 Å². The predicted molar refractivity (Wildman–Crippen MR) is 75.2 cm³/mol. The number of rotatable bonds is 9. The molecule has 0 radical (unpaired) electrons. The van der Waals surface area contributed by atoms with Crippen LogP contribution in [-0.2, 0) is 11.2 Å². The standard InChI is InChI=1S/C15H25NO2/c1-3-4-10-17-11-12-18-15-13(2)6-5-7-14(15)8-9-16/h5-7H,3-4,8-12,16H2,1-2H3. The van der Waals surface area contributed by atoms with Gasteiger partial charge in [0.25, 0.3) is 0 Å². The normalized spacial score (nSPS) is 10.6. The Balaban J connectivity index is 2.40. The summed E-state index contributed by atoms with van der Waals surface area (Å²) in [5, 5.41) is 0. The lowest BCUT2D eigenvalue weighted by molar-refractivity contribution is 0.0975. The van der Waals surface area contributed by atoms with E-state index in [1.807, 2.05) is 6.07 Å². The summed E-state index contributed by atoms with van der Waals surface area (Å²) in [6.45, 7) is 6.94. The van der Waals surface area contributed by atoms with Gasteiger partial charge in [-0.15, -0.1) is 0 Å². The highest BCUT2D eigenvalue weighted by Gasteiger charge is 2.05. The first-order valence-electron chi connectivity index (χ1n) is 6.78. The second-order valence-corrected chi connectivity index (χ2v) is 4.42. The third-order valence-electron chi connectivity index (χ3n) is 2.82. The molecule has 0 spiro atoms. The summed E-state index contributed by atoms with van der Waals surface area (Å²) in [6.07, 6.45) is 3.13. The predicted octanol–water partition coefficient (Wildman–Crippen LogP) is 2.69. The molecule has 102 valence electrons. The van der Waals surface area contributed by atoms with Crippen molar-refractivity contribution >= 4 is 0 Å². The van der Waals surface area contributed by atoms with Crippen molar-refractivity contribution in [3.63, 3.8) is 0 Å². The molecule has 18 heavy (non-hydrogen) atoms. The van der Waals surface area contributed by atoms with Gasteiger partial charge in [-0.3, -0.25) is 0 Å². The molecule has 3 heteroatoms. The summed E-state index contributed by atoms with van der Waals surface area (Å²) < 4.78 is 11.3. The maximum absolute atomic E-state index is 5.82. The average Bonchev–Trinajstić information content (AvgIpc) is 2.36. The molecule has 1 rings (SSSR count). The number of hydrogen-bond acceptors (Lipinski definition) is 3. The molecule has 3 nitrogen and oxygen atoms in total. The van der Waals surface area contributed by atoms with Crippen molar-refractivity contribution in [1.82, 2.24) is 0 Å². The van der Waals surface area contributed by atoms with Gasteiger partial charge in [0, 0.05) is 6.61 Å². The van der Waals surface area contributed by atoms with Crippen molar-refractivity contribution in [2.24, 2.45) is 5.73 Å². The Morgan fingerprint density at radius 1 is 1.17 bits per heavy atom. The van der Waals surface area contributed by atoms with Crippen molar-refractivity contribution in [2.45, 2.75) is 33.1 Å². The average molecular weight is 251 g/mol. The summed E-state index contributed by atoms with van der Waals surface area (Å²) in [5.41, 5.74) is 7.96. The van der Waals surface area contributed by atoms with Crippen LogP contribution < -0.4 is 10.5 Å². The van der Waals surface area contributed by atoms with Crippen LogP contribution in [0.3, 0.4) is 0 Å². The first-order chi connectivity index (χ1) is 8.79. The van der Waals surface area contributed by atoms with Crippen molar-refractivity contribution < 1.29 is 9.47 Å². The Bertz CT molecular complexity index is 339. The summed E-state index contributed by atoms with van der Waals surface area (Å²) in [5.74, 6) is 0.974. The van der Waals surface area contributed by atoms with Crippen LogP contribution in [0.2, 0.25) is 0 Å².